The van der Waals surface area contributed by atoms with Gasteiger partial charge < -0.3 is 25.1 Å². The number of fused-ring (bicyclic) bond motifs is 1. The smallest absolute Gasteiger partial charge is 0.410 e. The zero-order chi connectivity index (χ0) is 25.6. The van der Waals surface area contributed by atoms with E-state index in [1.165, 1.54) is 12.3 Å². The molecule has 0 atom stereocenters. The fraction of sp³-hybridized carbons (Fsp3) is 0.625. The number of nitrogens with one attached hydrogen (secondary N) is 2. The Morgan fingerprint density at radius 2 is 1.97 bits per heavy atom. The van der Waals surface area contributed by atoms with E-state index in [0.29, 0.717) is 49.3 Å². The van der Waals surface area contributed by atoms with Crippen molar-refractivity contribution < 1.29 is 19.5 Å². The Labute approximate surface area is 204 Å². The second-order valence-corrected chi connectivity index (χ2v) is 9.93. The lowest BCUT2D eigenvalue weighted by molar-refractivity contribution is -0.119. The first kappa shape index (κ1) is 26.2. The van der Waals surface area contributed by atoms with Crippen LogP contribution in [0, 0.1) is 0 Å². The molecule has 11 heteroatoms. The zero-order valence-corrected chi connectivity index (χ0v) is 21.0. The van der Waals surface area contributed by atoms with Gasteiger partial charge in [0.2, 0.25) is 5.91 Å². The van der Waals surface area contributed by atoms with Crippen molar-refractivity contribution in [3.63, 3.8) is 0 Å². The van der Waals surface area contributed by atoms with E-state index >= 15 is 0 Å². The van der Waals surface area contributed by atoms with Crippen LogP contribution < -0.4 is 10.9 Å². The molecule has 2 amide bonds. The van der Waals surface area contributed by atoms with Crippen molar-refractivity contribution in [2.75, 3.05) is 13.1 Å². The van der Waals surface area contributed by atoms with E-state index in [0.717, 1.165) is 25.7 Å². The quantitative estimate of drug-likeness (QED) is 0.179. The van der Waals surface area contributed by atoms with Gasteiger partial charge in [-0.25, -0.2) is 9.31 Å². The van der Waals surface area contributed by atoms with E-state index in [4.69, 9.17) is 4.74 Å². The Morgan fingerprint density at radius 1 is 1.26 bits per heavy atom. The Hall–Kier alpha value is -3.37. The van der Waals surface area contributed by atoms with Crippen LogP contribution in [0.15, 0.2) is 22.2 Å². The van der Waals surface area contributed by atoms with Crippen molar-refractivity contribution in [3.8, 4) is 0 Å². The average molecular weight is 489 g/mol. The number of rotatable bonds is 7. The van der Waals surface area contributed by atoms with Gasteiger partial charge in [-0.2, -0.15) is 5.10 Å². The largest absolute Gasteiger partial charge is 0.444 e. The van der Waals surface area contributed by atoms with Gasteiger partial charge in [-0.1, -0.05) is 31.3 Å². The lowest BCUT2D eigenvalue weighted by Crippen LogP contribution is -2.41. The number of piperidine rings is 1. The van der Waals surface area contributed by atoms with Crippen molar-refractivity contribution in [1.29, 1.82) is 0 Å². The Bertz CT molecular complexity index is 1120. The maximum absolute atomic E-state index is 12.5. The minimum atomic E-state index is -0.560. The maximum Gasteiger partial charge on any atom is 0.410 e. The molecule has 0 unspecified atom stereocenters. The monoisotopic (exact) mass is 488 g/mol. The Morgan fingerprint density at radius 3 is 2.60 bits per heavy atom. The molecule has 1 aliphatic rings. The highest BCUT2D eigenvalue weighted by Gasteiger charge is 2.29. The van der Waals surface area contributed by atoms with Crippen LogP contribution in [0.25, 0.3) is 5.65 Å². The molecule has 11 nitrogen and oxygen atoms in total. The van der Waals surface area contributed by atoms with E-state index in [1.54, 1.807) is 9.42 Å². The first-order chi connectivity index (χ1) is 16.6. The molecule has 1 fully saturated rings. The first-order valence-electron chi connectivity index (χ1n) is 12.2. The highest BCUT2D eigenvalue weighted by Crippen LogP contribution is 2.28. The van der Waals surface area contributed by atoms with Gasteiger partial charge >= 0.3 is 6.09 Å². The minimum Gasteiger partial charge on any atom is -0.444 e. The second kappa shape index (κ2) is 11.4. The number of unbranched alkanes of at least 4 members (excludes halogenated alkanes) is 3. The van der Waals surface area contributed by atoms with Gasteiger partial charge in [0, 0.05) is 31.5 Å². The molecule has 0 bridgehead atoms. The van der Waals surface area contributed by atoms with Crippen LogP contribution in [-0.4, -0.2) is 61.2 Å². The number of hydrogen-bond acceptors (Lipinski definition) is 7. The highest BCUT2D eigenvalue weighted by atomic mass is 16.6. The van der Waals surface area contributed by atoms with Crippen molar-refractivity contribution in [2.45, 2.75) is 84.2 Å². The van der Waals surface area contributed by atoms with E-state index in [9.17, 15) is 19.6 Å². The molecule has 0 radical (unpaired) electrons. The minimum absolute atomic E-state index is 0.00564. The number of aromatic nitrogens is 3. The SMILES string of the molecule is CCCCCCC(=O)NC(=NO)c1cnn2c(C3CCN(C(=O)OC(C)(C)C)CC3)cc(=O)[nH]c12. The second-order valence-electron chi connectivity index (χ2n) is 9.93. The van der Waals surface area contributed by atoms with Gasteiger partial charge in [-0.15, -0.1) is 0 Å². The summed E-state index contributed by atoms with van der Waals surface area (Å²) in [4.78, 5) is 41.6. The standard InChI is InChI=1S/C24H36N6O5/c1-5-6-7-8-9-19(31)26-21(28-34)17-15-25-30-18(14-20(32)27-22(17)30)16-10-12-29(13-11-16)23(33)35-24(2,3)4/h14-16,34H,5-13H2,1-4H3,(H,27,32)(H,26,28,31). The molecule has 3 N–H and O–H groups in total. The van der Waals surface area contributed by atoms with Crippen LogP contribution >= 0.6 is 0 Å². The van der Waals surface area contributed by atoms with E-state index in [1.807, 2.05) is 20.8 Å². The fourth-order valence-electron chi connectivity index (χ4n) is 4.21. The summed E-state index contributed by atoms with van der Waals surface area (Å²) in [6.45, 7) is 8.59. The topological polar surface area (TPSA) is 141 Å². The molecule has 35 heavy (non-hydrogen) atoms. The molecule has 0 aromatic carbocycles. The third kappa shape index (κ3) is 6.83. The summed E-state index contributed by atoms with van der Waals surface area (Å²) in [5.41, 5.74) is 0.463. The number of carbonyl (C=O) groups excluding carboxylic acids is 2. The average Bonchev–Trinajstić information content (AvgIpc) is 3.22. The van der Waals surface area contributed by atoms with Crippen LogP contribution in [0.1, 0.15) is 89.8 Å². The van der Waals surface area contributed by atoms with Crippen molar-refractivity contribution >= 4 is 23.5 Å². The maximum atomic E-state index is 12.5. The van der Waals surface area contributed by atoms with Gasteiger partial charge in [0.15, 0.2) is 5.84 Å². The fourth-order valence-corrected chi connectivity index (χ4v) is 4.21. The summed E-state index contributed by atoms with van der Waals surface area (Å²) in [6.07, 6.45) is 6.54. The van der Waals surface area contributed by atoms with Crippen LogP contribution in [-0.2, 0) is 9.53 Å². The molecule has 2 aromatic heterocycles. The van der Waals surface area contributed by atoms with Crippen molar-refractivity contribution in [3.05, 3.63) is 33.9 Å². The van der Waals surface area contributed by atoms with Gasteiger partial charge in [-0.05, 0) is 40.0 Å². The van der Waals surface area contributed by atoms with Crippen LogP contribution in [0.5, 0.6) is 0 Å². The van der Waals surface area contributed by atoms with Crippen molar-refractivity contribution in [1.82, 2.24) is 24.8 Å². The summed E-state index contributed by atoms with van der Waals surface area (Å²) < 4.78 is 7.06. The van der Waals surface area contributed by atoms with Crippen LogP contribution in [0.3, 0.4) is 0 Å². The van der Waals surface area contributed by atoms with Crippen LogP contribution in [0.4, 0.5) is 4.79 Å². The first-order valence-corrected chi connectivity index (χ1v) is 12.2. The Balaban J connectivity index is 1.75. The van der Waals surface area contributed by atoms with Gasteiger partial charge in [-0.3, -0.25) is 9.59 Å². The summed E-state index contributed by atoms with van der Waals surface area (Å²) >= 11 is 0. The molecule has 192 valence electrons. The molecule has 1 aliphatic heterocycles. The molecule has 0 aliphatic carbocycles. The molecular formula is C24H36N6O5. The number of aromatic amines is 1. The summed E-state index contributed by atoms with van der Waals surface area (Å²) in [5.74, 6) is -0.330. The van der Waals surface area contributed by atoms with Gasteiger partial charge in [0.25, 0.3) is 5.56 Å². The van der Waals surface area contributed by atoms with E-state index < -0.39 is 5.60 Å². The molecule has 2 aromatic rings. The Kier molecular flexibility index (Phi) is 8.52. The number of oxime groups is 1. The molecule has 3 rings (SSSR count). The summed E-state index contributed by atoms with van der Waals surface area (Å²) in [6, 6.07) is 1.50. The molecule has 0 saturated carbocycles. The predicted molar refractivity (Wildman–Crippen MR) is 131 cm³/mol. The number of ether oxygens (including phenoxy) is 1. The predicted octanol–water partition coefficient (Wildman–Crippen LogP) is 3.36. The number of likely N-dealkylation sites (tertiary alicyclic amines) is 1. The van der Waals surface area contributed by atoms with Crippen molar-refractivity contribution in [2.24, 2.45) is 5.16 Å². The lowest BCUT2D eigenvalue weighted by Gasteiger charge is -2.33. The lowest BCUT2D eigenvalue weighted by atomic mass is 9.93. The number of amides is 2. The molecular weight excluding hydrogens is 452 g/mol. The molecule has 0 spiro atoms. The number of nitrogens with zero attached hydrogens (tertiary/aromatic N) is 4. The summed E-state index contributed by atoms with van der Waals surface area (Å²) in [7, 11) is 0. The third-order valence-electron chi connectivity index (χ3n) is 5.97. The molecule has 3 heterocycles. The zero-order valence-electron chi connectivity index (χ0n) is 21.0. The number of H-pyrrole nitrogens is 1. The normalized spacial score (nSPS) is 15.4. The van der Waals surface area contributed by atoms with Gasteiger partial charge in [0.05, 0.1) is 17.5 Å². The van der Waals surface area contributed by atoms with E-state index in [-0.39, 0.29) is 29.3 Å². The number of amidine groups is 1. The summed E-state index contributed by atoms with van der Waals surface area (Å²) in [5, 5.41) is 19.8. The number of carbonyl (C=O) groups is 2. The highest BCUT2D eigenvalue weighted by molar-refractivity contribution is 6.10. The van der Waals surface area contributed by atoms with E-state index in [2.05, 4.69) is 27.5 Å². The van der Waals surface area contributed by atoms with Gasteiger partial charge in [0.1, 0.15) is 11.2 Å². The van der Waals surface area contributed by atoms with Crippen LogP contribution in [0.2, 0.25) is 0 Å². The molecule has 1 saturated heterocycles. The third-order valence-corrected chi connectivity index (χ3v) is 5.97. The number of hydrogen-bond donors (Lipinski definition) is 3.